The third-order valence-electron chi connectivity index (χ3n) is 9.30. The molecule has 2 heterocycles. The SMILES string of the molecule is CCCCCC(O)/C=C/[C@H]1C(O)CC(=O)[C@@H]1C/C=C\CCCC(=O)NCCCCCNC(=O)CCCC[C@H]1SCC2NC(=O)NC21. The smallest absolute Gasteiger partial charge is 0.315 e. The number of amides is 4. The van der Waals surface area contributed by atoms with Crippen molar-refractivity contribution in [2.24, 2.45) is 11.8 Å². The van der Waals surface area contributed by atoms with E-state index in [1.807, 2.05) is 30.0 Å². The van der Waals surface area contributed by atoms with Crippen LogP contribution in [0.15, 0.2) is 24.3 Å². The first kappa shape index (κ1) is 38.1. The summed E-state index contributed by atoms with van der Waals surface area (Å²) in [6, 6.07) is 0.407. The summed E-state index contributed by atoms with van der Waals surface area (Å²) in [6.45, 7) is 3.41. The van der Waals surface area contributed by atoms with Gasteiger partial charge in [0.2, 0.25) is 11.8 Å². The number of urea groups is 1. The average Bonchev–Trinajstić information content (AvgIpc) is 3.66. The first-order chi connectivity index (χ1) is 22.3. The van der Waals surface area contributed by atoms with Crippen LogP contribution in [0.25, 0.3) is 0 Å². The standard InChI is InChI=1S/C35H58N4O6S/c1-2-3-7-14-25(40)19-20-27-26(29(41)23-30(27)42)15-8-4-5-9-17-32(43)36-21-12-6-13-22-37-33(44)18-11-10-16-31-34-28(24-46-31)38-35(45)39-34/h4,8,19-20,25-28,30-31,34,40,42H,2-3,5-7,9-18,21-24H2,1H3,(H,36,43)(H,37,44)(H2,38,39,45)/b8-4-,20-19+/t25?,26-,27-,28?,30?,31-,34?/m1/s1. The molecule has 7 atom stereocenters. The van der Waals surface area contributed by atoms with Gasteiger partial charge in [0.05, 0.1) is 24.3 Å². The molecule has 0 spiro atoms. The van der Waals surface area contributed by atoms with Crippen LogP contribution in [0.5, 0.6) is 0 Å². The highest BCUT2D eigenvalue weighted by Gasteiger charge is 2.42. The Balaban J connectivity index is 1.13. The molecule has 46 heavy (non-hydrogen) atoms. The number of aliphatic hydroxyl groups excluding tert-OH is 2. The van der Waals surface area contributed by atoms with E-state index in [9.17, 15) is 29.4 Å². The first-order valence-corrected chi connectivity index (χ1v) is 18.8. The summed E-state index contributed by atoms with van der Waals surface area (Å²) < 4.78 is 0. The van der Waals surface area contributed by atoms with E-state index in [-0.39, 0.29) is 54.0 Å². The molecule has 4 amide bonds. The van der Waals surface area contributed by atoms with Crippen LogP contribution in [0.1, 0.15) is 110 Å². The summed E-state index contributed by atoms with van der Waals surface area (Å²) >= 11 is 1.90. The average molecular weight is 663 g/mol. The zero-order valence-electron chi connectivity index (χ0n) is 27.7. The van der Waals surface area contributed by atoms with Gasteiger partial charge in [-0.25, -0.2) is 4.79 Å². The lowest BCUT2D eigenvalue weighted by Gasteiger charge is -2.16. The maximum atomic E-state index is 12.4. The largest absolute Gasteiger partial charge is 0.392 e. The molecule has 6 N–H and O–H groups in total. The second kappa shape index (κ2) is 21.5. The zero-order valence-corrected chi connectivity index (χ0v) is 28.5. The number of fused-ring (bicyclic) bond motifs is 1. The number of carbonyl (C=O) groups is 4. The fourth-order valence-corrected chi connectivity index (χ4v) is 8.10. The maximum Gasteiger partial charge on any atom is 0.315 e. The van der Waals surface area contributed by atoms with Gasteiger partial charge in [-0.1, -0.05) is 56.9 Å². The van der Waals surface area contributed by atoms with Gasteiger partial charge >= 0.3 is 6.03 Å². The molecule has 11 heteroatoms. The monoisotopic (exact) mass is 662 g/mol. The Bertz CT molecular complexity index is 1020. The summed E-state index contributed by atoms with van der Waals surface area (Å²) in [7, 11) is 0. The molecule has 0 bridgehead atoms. The highest BCUT2D eigenvalue weighted by Crippen LogP contribution is 2.34. The first-order valence-electron chi connectivity index (χ1n) is 17.7. The normalized spacial score (nSPS) is 26.4. The number of hydrogen-bond acceptors (Lipinski definition) is 7. The Morgan fingerprint density at radius 3 is 2.43 bits per heavy atom. The summed E-state index contributed by atoms with van der Waals surface area (Å²) in [5, 5.41) is 32.9. The van der Waals surface area contributed by atoms with Gasteiger partial charge < -0.3 is 31.5 Å². The van der Waals surface area contributed by atoms with E-state index >= 15 is 0 Å². The van der Waals surface area contributed by atoms with Crippen LogP contribution in [0.2, 0.25) is 0 Å². The zero-order chi connectivity index (χ0) is 33.1. The van der Waals surface area contributed by atoms with Crippen LogP contribution in [0.3, 0.4) is 0 Å². The number of ketones is 1. The van der Waals surface area contributed by atoms with E-state index in [0.717, 1.165) is 76.4 Å². The Kier molecular flexibility index (Phi) is 17.8. The molecule has 0 aromatic rings. The lowest BCUT2D eigenvalue weighted by Crippen LogP contribution is -2.36. The Hall–Kier alpha value is -2.37. The third-order valence-corrected chi connectivity index (χ3v) is 10.8. The molecule has 2 aliphatic heterocycles. The molecule has 260 valence electrons. The van der Waals surface area contributed by atoms with Crippen LogP contribution in [0.4, 0.5) is 4.79 Å². The minimum Gasteiger partial charge on any atom is -0.392 e. The molecule has 0 aromatic carbocycles. The van der Waals surface area contributed by atoms with E-state index in [4.69, 9.17) is 0 Å². The Labute approximate surface area is 279 Å². The molecular formula is C35H58N4O6S. The van der Waals surface area contributed by atoms with Gasteiger partial charge in [-0.15, -0.1) is 0 Å². The van der Waals surface area contributed by atoms with Crippen molar-refractivity contribution in [3.63, 3.8) is 0 Å². The number of allylic oxidation sites excluding steroid dienone is 2. The number of unbranched alkanes of at least 4 members (excludes halogenated alkanes) is 6. The van der Waals surface area contributed by atoms with Crippen molar-refractivity contribution in [1.82, 2.24) is 21.3 Å². The molecule has 3 aliphatic rings. The van der Waals surface area contributed by atoms with Crippen LogP contribution < -0.4 is 21.3 Å². The van der Waals surface area contributed by atoms with E-state index in [0.29, 0.717) is 44.0 Å². The minimum atomic E-state index is -0.694. The lowest BCUT2D eigenvalue weighted by molar-refractivity contribution is -0.122. The molecular weight excluding hydrogens is 604 g/mol. The van der Waals surface area contributed by atoms with E-state index < -0.39 is 12.2 Å². The quantitative estimate of drug-likeness (QED) is 0.0541. The molecule has 4 unspecified atom stereocenters. The van der Waals surface area contributed by atoms with Crippen molar-refractivity contribution in [1.29, 1.82) is 0 Å². The number of Topliss-reactive ketones (excluding diaryl/α,β-unsaturated/α-hetero) is 1. The van der Waals surface area contributed by atoms with Crippen LogP contribution >= 0.6 is 11.8 Å². The molecule has 2 saturated heterocycles. The summed E-state index contributed by atoms with van der Waals surface area (Å²) in [5.74, 6) is 0.628. The van der Waals surface area contributed by atoms with Gasteiger partial charge in [-0.2, -0.15) is 11.8 Å². The van der Waals surface area contributed by atoms with Crippen LogP contribution in [-0.2, 0) is 14.4 Å². The van der Waals surface area contributed by atoms with Crippen LogP contribution in [0, 0.1) is 11.8 Å². The fraction of sp³-hybridized carbons (Fsp3) is 0.771. The van der Waals surface area contributed by atoms with Crippen molar-refractivity contribution >= 4 is 35.4 Å². The summed E-state index contributed by atoms with van der Waals surface area (Å²) in [6.07, 6.45) is 18.9. The summed E-state index contributed by atoms with van der Waals surface area (Å²) in [4.78, 5) is 48.2. The van der Waals surface area contributed by atoms with Crippen molar-refractivity contribution < 1.29 is 29.4 Å². The topological polar surface area (TPSA) is 157 Å². The number of carbonyl (C=O) groups excluding carboxylic acids is 4. The second-order valence-electron chi connectivity index (χ2n) is 13.1. The fourth-order valence-electron chi connectivity index (χ4n) is 6.56. The van der Waals surface area contributed by atoms with E-state index in [1.54, 1.807) is 6.08 Å². The van der Waals surface area contributed by atoms with Crippen molar-refractivity contribution in [3.05, 3.63) is 24.3 Å². The Morgan fingerprint density at radius 1 is 0.957 bits per heavy atom. The maximum absolute atomic E-state index is 12.4. The number of rotatable bonds is 23. The molecule has 3 rings (SSSR count). The van der Waals surface area contributed by atoms with Gasteiger partial charge in [0.25, 0.3) is 0 Å². The number of aliphatic hydroxyl groups is 2. The number of nitrogens with one attached hydrogen (secondary N) is 4. The van der Waals surface area contributed by atoms with E-state index in [2.05, 4.69) is 28.2 Å². The predicted molar refractivity (Wildman–Crippen MR) is 183 cm³/mol. The van der Waals surface area contributed by atoms with Crippen molar-refractivity contribution in [3.8, 4) is 0 Å². The third kappa shape index (κ3) is 13.8. The molecule has 0 radical (unpaired) electrons. The van der Waals surface area contributed by atoms with Gasteiger partial charge in [0, 0.05) is 55.2 Å². The highest BCUT2D eigenvalue weighted by molar-refractivity contribution is 8.00. The second-order valence-corrected chi connectivity index (χ2v) is 14.4. The van der Waals surface area contributed by atoms with E-state index in [1.165, 1.54) is 0 Å². The Morgan fingerprint density at radius 2 is 1.70 bits per heavy atom. The van der Waals surface area contributed by atoms with Gasteiger partial charge in [-0.05, 0) is 57.8 Å². The lowest BCUT2D eigenvalue weighted by atomic mass is 9.90. The molecule has 3 fully saturated rings. The van der Waals surface area contributed by atoms with Gasteiger partial charge in [-0.3, -0.25) is 14.4 Å². The van der Waals surface area contributed by atoms with Gasteiger partial charge in [0.15, 0.2) is 0 Å². The number of thioether (sulfide) groups is 1. The van der Waals surface area contributed by atoms with Gasteiger partial charge in [0.1, 0.15) is 5.78 Å². The number of hydrogen-bond donors (Lipinski definition) is 6. The molecule has 1 saturated carbocycles. The highest BCUT2D eigenvalue weighted by atomic mass is 32.2. The minimum absolute atomic E-state index is 0.0385. The predicted octanol–water partition coefficient (Wildman–Crippen LogP) is 4.30. The van der Waals surface area contributed by atoms with Crippen molar-refractivity contribution in [2.75, 3.05) is 18.8 Å². The van der Waals surface area contributed by atoms with Crippen molar-refractivity contribution in [2.45, 2.75) is 139 Å². The van der Waals surface area contributed by atoms with Crippen LogP contribution in [-0.4, -0.2) is 82.2 Å². The molecule has 10 nitrogen and oxygen atoms in total. The molecule has 0 aromatic heterocycles. The summed E-state index contributed by atoms with van der Waals surface area (Å²) in [5.41, 5.74) is 0. The molecule has 1 aliphatic carbocycles.